The van der Waals surface area contributed by atoms with Crippen LogP contribution in [0.2, 0.25) is 5.15 Å². The minimum atomic E-state index is 0.462. The maximum absolute atomic E-state index is 6.64. The zero-order chi connectivity index (χ0) is 23.6. The van der Waals surface area contributed by atoms with E-state index >= 15 is 0 Å². The second-order valence-corrected chi connectivity index (χ2v) is 9.55. The van der Waals surface area contributed by atoms with Gasteiger partial charge < -0.3 is 4.90 Å². The number of fused-ring (bicyclic) bond motifs is 3. The standard InChI is InChI=1S/C29H28ClN5/c30-29-28-27(24-13-7-8-14-25(24)31-29)26(35(32-28)23-11-5-2-6-12-23)15-16-33-17-19-34(20-18-33)21-22-9-3-1-4-10-22/h1-14H,15-21H2. The highest BCUT2D eigenvalue weighted by Crippen LogP contribution is 2.33. The summed E-state index contributed by atoms with van der Waals surface area (Å²) in [5, 5.41) is 7.64. The summed E-state index contributed by atoms with van der Waals surface area (Å²) in [4.78, 5) is 9.74. The van der Waals surface area contributed by atoms with Crippen LogP contribution in [0.4, 0.5) is 0 Å². The molecule has 0 N–H and O–H groups in total. The van der Waals surface area contributed by atoms with Crippen LogP contribution in [0.3, 0.4) is 0 Å². The number of hydrogen-bond acceptors (Lipinski definition) is 4. The molecule has 0 bridgehead atoms. The third kappa shape index (κ3) is 4.55. The number of para-hydroxylation sites is 2. The first-order chi connectivity index (χ1) is 17.3. The molecule has 0 amide bonds. The summed E-state index contributed by atoms with van der Waals surface area (Å²) in [5.41, 5.74) is 5.31. The van der Waals surface area contributed by atoms with Crippen molar-refractivity contribution in [1.82, 2.24) is 24.6 Å². The van der Waals surface area contributed by atoms with E-state index in [-0.39, 0.29) is 0 Å². The average Bonchev–Trinajstić information content (AvgIpc) is 3.30. The van der Waals surface area contributed by atoms with Crippen LogP contribution >= 0.6 is 11.6 Å². The van der Waals surface area contributed by atoms with Crippen molar-refractivity contribution >= 4 is 33.4 Å². The van der Waals surface area contributed by atoms with Crippen molar-refractivity contribution in [3.05, 3.63) is 101 Å². The van der Waals surface area contributed by atoms with Gasteiger partial charge in [-0.1, -0.05) is 78.3 Å². The van der Waals surface area contributed by atoms with Crippen molar-refractivity contribution < 1.29 is 0 Å². The molecule has 2 aromatic heterocycles. The molecule has 6 heteroatoms. The highest BCUT2D eigenvalue weighted by atomic mass is 35.5. The minimum absolute atomic E-state index is 0.462. The number of halogens is 1. The van der Waals surface area contributed by atoms with E-state index in [4.69, 9.17) is 16.7 Å². The van der Waals surface area contributed by atoms with Crippen LogP contribution in [0.25, 0.3) is 27.5 Å². The molecule has 0 saturated carbocycles. The summed E-state index contributed by atoms with van der Waals surface area (Å²) in [6.45, 7) is 6.35. The van der Waals surface area contributed by atoms with Crippen LogP contribution in [0.5, 0.6) is 0 Å². The van der Waals surface area contributed by atoms with Gasteiger partial charge in [-0.15, -0.1) is 0 Å². The highest BCUT2D eigenvalue weighted by molar-refractivity contribution is 6.35. The maximum atomic E-state index is 6.64. The molecular formula is C29H28ClN5. The van der Waals surface area contributed by atoms with Gasteiger partial charge >= 0.3 is 0 Å². The topological polar surface area (TPSA) is 37.2 Å². The fourth-order valence-electron chi connectivity index (χ4n) is 5.11. The van der Waals surface area contributed by atoms with Crippen LogP contribution < -0.4 is 0 Å². The van der Waals surface area contributed by atoms with Gasteiger partial charge in [0.15, 0.2) is 5.15 Å². The number of benzene rings is 3. The zero-order valence-electron chi connectivity index (χ0n) is 19.6. The van der Waals surface area contributed by atoms with Crippen LogP contribution in [0, 0.1) is 0 Å². The maximum Gasteiger partial charge on any atom is 0.157 e. The molecule has 176 valence electrons. The lowest BCUT2D eigenvalue weighted by Crippen LogP contribution is -2.46. The van der Waals surface area contributed by atoms with E-state index in [0.717, 1.165) is 73.2 Å². The molecule has 35 heavy (non-hydrogen) atoms. The Kier molecular flexibility index (Phi) is 6.21. The Labute approximate surface area is 210 Å². The summed E-state index contributed by atoms with van der Waals surface area (Å²) in [7, 11) is 0. The predicted octanol–water partition coefficient (Wildman–Crippen LogP) is 5.59. The normalized spacial score (nSPS) is 15.2. The zero-order valence-corrected chi connectivity index (χ0v) is 20.4. The molecule has 3 aromatic carbocycles. The van der Waals surface area contributed by atoms with E-state index in [2.05, 4.69) is 86.2 Å². The van der Waals surface area contributed by atoms with Gasteiger partial charge in [-0.05, 0) is 23.8 Å². The van der Waals surface area contributed by atoms with E-state index in [0.29, 0.717) is 5.15 Å². The number of hydrogen-bond donors (Lipinski definition) is 0. The Bertz CT molecular complexity index is 1440. The van der Waals surface area contributed by atoms with Crippen molar-refractivity contribution in [2.45, 2.75) is 13.0 Å². The SMILES string of the molecule is Clc1nc2ccccc2c2c(CCN3CCN(Cc4ccccc4)CC3)n(-c3ccccc3)nc12. The Morgan fingerprint density at radius 3 is 2.17 bits per heavy atom. The van der Waals surface area contributed by atoms with E-state index in [1.807, 2.05) is 18.2 Å². The van der Waals surface area contributed by atoms with Gasteiger partial charge in [0.05, 0.1) is 16.9 Å². The van der Waals surface area contributed by atoms with Gasteiger partial charge in [-0.2, -0.15) is 5.10 Å². The predicted molar refractivity (Wildman–Crippen MR) is 143 cm³/mol. The number of aromatic nitrogens is 3. The number of pyridine rings is 1. The summed E-state index contributed by atoms with van der Waals surface area (Å²) in [5.74, 6) is 0. The molecule has 0 radical (unpaired) electrons. The molecule has 0 unspecified atom stereocenters. The largest absolute Gasteiger partial charge is 0.300 e. The van der Waals surface area contributed by atoms with Crippen molar-refractivity contribution in [2.75, 3.05) is 32.7 Å². The molecule has 0 atom stereocenters. The van der Waals surface area contributed by atoms with E-state index in [1.54, 1.807) is 0 Å². The molecule has 1 aliphatic heterocycles. The fourth-order valence-corrected chi connectivity index (χ4v) is 5.34. The minimum Gasteiger partial charge on any atom is -0.300 e. The smallest absolute Gasteiger partial charge is 0.157 e. The monoisotopic (exact) mass is 481 g/mol. The summed E-state index contributed by atoms with van der Waals surface area (Å²) in [6.07, 6.45) is 0.897. The van der Waals surface area contributed by atoms with Crippen LogP contribution in [0.15, 0.2) is 84.9 Å². The Balaban J connectivity index is 1.27. The Morgan fingerprint density at radius 2 is 1.40 bits per heavy atom. The van der Waals surface area contributed by atoms with Crippen molar-refractivity contribution in [2.24, 2.45) is 0 Å². The second-order valence-electron chi connectivity index (χ2n) is 9.19. The molecular weight excluding hydrogens is 454 g/mol. The fraction of sp³-hybridized carbons (Fsp3) is 0.241. The first kappa shape index (κ1) is 22.2. The summed E-state index contributed by atoms with van der Waals surface area (Å²) >= 11 is 6.64. The van der Waals surface area contributed by atoms with Crippen molar-refractivity contribution in [3.8, 4) is 5.69 Å². The van der Waals surface area contributed by atoms with Crippen LogP contribution in [0.1, 0.15) is 11.3 Å². The molecule has 1 fully saturated rings. The third-order valence-corrected chi connectivity index (χ3v) is 7.21. The van der Waals surface area contributed by atoms with E-state index in [1.165, 1.54) is 11.3 Å². The van der Waals surface area contributed by atoms with Gasteiger partial charge in [-0.3, -0.25) is 4.90 Å². The Morgan fingerprint density at radius 1 is 0.743 bits per heavy atom. The Hall–Kier alpha value is -3.25. The summed E-state index contributed by atoms with van der Waals surface area (Å²) < 4.78 is 2.07. The molecule has 5 aromatic rings. The van der Waals surface area contributed by atoms with E-state index < -0.39 is 0 Å². The lowest BCUT2D eigenvalue weighted by atomic mass is 10.1. The average molecular weight is 482 g/mol. The van der Waals surface area contributed by atoms with Crippen LogP contribution in [-0.4, -0.2) is 57.3 Å². The molecule has 1 aliphatic rings. The molecule has 0 aliphatic carbocycles. The first-order valence-corrected chi connectivity index (χ1v) is 12.6. The quantitative estimate of drug-likeness (QED) is 0.296. The lowest BCUT2D eigenvalue weighted by molar-refractivity contribution is 0.128. The lowest BCUT2D eigenvalue weighted by Gasteiger charge is -2.34. The highest BCUT2D eigenvalue weighted by Gasteiger charge is 2.21. The molecule has 0 spiro atoms. The molecule has 3 heterocycles. The van der Waals surface area contributed by atoms with Gasteiger partial charge in [0.1, 0.15) is 5.52 Å². The van der Waals surface area contributed by atoms with Crippen molar-refractivity contribution in [3.63, 3.8) is 0 Å². The van der Waals surface area contributed by atoms with Gasteiger partial charge in [-0.25, -0.2) is 9.67 Å². The third-order valence-electron chi connectivity index (χ3n) is 6.95. The second kappa shape index (κ2) is 9.78. The number of rotatable bonds is 6. The van der Waals surface area contributed by atoms with Gasteiger partial charge in [0.2, 0.25) is 0 Å². The summed E-state index contributed by atoms with van der Waals surface area (Å²) in [6, 6.07) is 29.3. The molecule has 6 rings (SSSR count). The first-order valence-electron chi connectivity index (χ1n) is 12.3. The van der Waals surface area contributed by atoms with Crippen molar-refractivity contribution in [1.29, 1.82) is 0 Å². The number of nitrogens with zero attached hydrogens (tertiary/aromatic N) is 5. The van der Waals surface area contributed by atoms with Crippen LogP contribution in [-0.2, 0) is 13.0 Å². The van der Waals surface area contributed by atoms with Gasteiger partial charge in [0.25, 0.3) is 0 Å². The number of piperazine rings is 1. The van der Waals surface area contributed by atoms with E-state index in [9.17, 15) is 0 Å². The van der Waals surface area contributed by atoms with Gasteiger partial charge in [0, 0.05) is 56.5 Å². The molecule has 5 nitrogen and oxygen atoms in total. The molecule has 1 saturated heterocycles.